The molecule has 2 aromatic carbocycles. The Bertz CT molecular complexity index is 1160. The molecule has 1 aromatic heterocycles. The maximum absolute atomic E-state index is 12.5. The summed E-state index contributed by atoms with van der Waals surface area (Å²) in [6, 6.07) is 16.6. The summed E-state index contributed by atoms with van der Waals surface area (Å²) in [4.78, 5) is 14.9. The van der Waals surface area contributed by atoms with E-state index < -0.39 is 0 Å². The first-order valence-electron chi connectivity index (χ1n) is 11.8. The highest BCUT2D eigenvalue weighted by Crippen LogP contribution is 2.19. The van der Waals surface area contributed by atoms with Crippen molar-refractivity contribution in [2.75, 3.05) is 13.1 Å². The van der Waals surface area contributed by atoms with Crippen molar-refractivity contribution < 1.29 is 9.53 Å². The van der Waals surface area contributed by atoms with E-state index in [-0.39, 0.29) is 18.1 Å². The molecule has 0 radical (unpaired) electrons. The van der Waals surface area contributed by atoms with Crippen LogP contribution in [0.15, 0.2) is 48.5 Å². The Morgan fingerprint density at radius 1 is 1.15 bits per heavy atom. The summed E-state index contributed by atoms with van der Waals surface area (Å²) in [5.74, 6) is 0.736. The van der Waals surface area contributed by atoms with Gasteiger partial charge in [-0.05, 0) is 50.2 Å². The second-order valence-electron chi connectivity index (χ2n) is 9.17. The van der Waals surface area contributed by atoms with Gasteiger partial charge in [-0.3, -0.25) is 19.4 Å². The average Bonchev–Trinajstić information content (AvgIpc) is 3.17. The smallest absolute Gasteiger partial charge is 0.222 e. The van der Waals surface area contributed by atoms with Crippen LogP contribution in [0.25, 0.3) is 11.4 Å². The summed E-state index contributed by atoms with van der Waals surface area (Å²) in [5.41, 5.74) is 4.49. The van der Waals surface area contributed by atoms with Gasteiger partial charge in [0.2, 0.25) is 5.91 Å². The van der Waals surface area contributed by atoms with Crippen molar-refractivity contribution >= 4 is 18.1 Å². The predicted molar refractivity (Wildman–Crippen MR) is 136 cm³/mol. The van der Waals surface area contributed by atoms with Crippen molar-refractivity contribution in [2.45, 2.75) is 59.0 Å². The summed E-state index contributed by atoms with van der Waals surface area (Å²) in [7, 11) is 0. The van der Waals surface area contributed by atoms with E-state index >= 15 is 0 Å². The third-order valence-electron chi connectivity index (χ3n) is 6.01. The first kappa shape index (κ1) is 24.3. The number of rotatable bonds is 8. The Morgan fingerprint density at radius 2 is 1.85 bits per heavy atom. The number of aromatic nitrogens is 3. The number of amides is 1. The molecular weight excluding hydrogens is 446 g/mol. The number of carbonyl (C=O) groups is 1. The molecule has 2 N–H and O–H groups in total. The van der Waals surface area contributed by atoms with E-state index in [9.17, 15) is 4.79 Å². The van der Waals surface area contributed by atoms with Gasteiger partial charge >= 0.3 is 0 Å². The minimum atomic E-state index is -0.0151. The molecule has 1 aliphatic heterocycles. The molecule has 1 amide bonds. The molecule has 1 fully saturated rings. The summed E-state index contributed by atoms with van der Waals surface area (Å²) in [6.07, 6.45) is 0.865. The predicted octanol–water partition coefficient (Wildman–Crippen LogP) is 4.23. The Balaban J connectivity index is 1.27. The Morgan fingerprint density at radius 3 is 2.56 bits per heavy atom. The zero-order valence-corrected chi connectivity index (χ0v) is 20.9. The third-order valence-corrected chi connectivity index (χ3v) is 6.32. The normalized spacial score (nSPS) is 18.7. The van der Waals surface area contributed by atoms with Crippen LogP contribution in [0.4, 0.5) is 0 Å². The number of morpholine rings is 1. The fourth-order valence-electron chi connectivity index (χ4n) is 4.47. The van der Waals surface area contributed by atoms with Crippen molar-refractivity contribution in [1.82, 2.24) is 25.0 Å². The third kappa shape index (κ3) is 6.40. The van der Waals surface area contributed by atoms with E-state index in [1.54, 1.807) is 0 Å². The van der Waals surface area contributed by atoms with E-state index in [0.717, 1.165) is 42.1 Å². The maximum Gasteiger partial charge on any atom is 0.222 e. The first-order valence-corrected chi connectivity index (χ1v) is 12.2. The van der Waals surface area contributed by atoms with Crippen LogP contribution in [-0.2, 0) is 29.2 Å². The highest BCUT2D eigenvalue weighted by atomic mass is 32.1. The SMILES string of the molecule is Cc1cccc(-c2n[nH]c(=S)n2CCC(=O)NCc2ccc(CN3CC(C)OC(C)C3)cc2)c1. The molecule has 2 atom stereocenters. The lowest BCUT2D eigenvalue weighted by atomic mass is 10.1. The lowest BCUT2D eigenvalue weighted by Gasteiger charge is -2.35. The van der Waals surface area contributed by atoms with Gasteiger partial charge in [-0.1, -0.05) is 48.0 Å². The second kappa shape index (κ2) is 11.1. The number of benzene rings is 2. The largest absolute Gasteiger partial charge is 0.373 e. The number of hydrogen-bond acceptors (Lipinski definition) is 5. The maximum atomic E-state index is 12.5. The van der Waals surface area contributed by atoms with Crippen LogP contribution < -0.4 is 5.32 Å². The molecule has 180 valence electrons. The van der Waals surface area contributed by atoms with Crippen molar-refractivity contribution in [3.05, 3.63) is 70.0 Å². The monoisotopic (exact) mass is 479 g/mol. The van der Waals surface area contributed by atoms with Gasteiger partial charge < -0.3 is 10.1 Å². The zero-order chi connectivity index (χ0) is 24.1. The average molecular weight is 480 g/mol. The van der Waals surface area contributed by atoms with E-state index in [0.29, 0.717) is 24.3 Å². The van der Waals surface area contributed by atoms with Crippen LogP contribution in [0.3, 0.4) is 0 Å². The van der Waals surface area contributed by atoms with Crippen molar-refractivity contribution in [2.24, 2.45) is 0 Å². The zero-order valence-electron chi connectivity index (χ0n) is 20.1. The van der Waals surface area contributed by atoms with Crippen LogP contribution in [0, 0.1) is 11.7 Å². The quantitative estimate of drug-likeness (QED) is 0.473. The lowest BCUT2D eigenvalue weighted by Crippen LogP contribution is -2.44. The van der Waals surface area contributed by atoms with Crippen molar-refractivity contribution in [3.8, 4) is 11.4 Å². The van der Waals surface area contributed by atoms with Crippen LogP contribution in [0.2, 0.25) is 0 Å². The standard InChI is InChI=1S/C26H33N5O2S/c1-18-5-4-6-23(13-18)25-28-29-26(34)31(25)12-11-24(32)27-14-21-7-9-22(10-8-21)17-30-15-19(2)33-20(3)16-30/h4-10,13,19-20H,11-12,14-17H2,1-3H3,(H,27,32)(H,29,34). The van der Waals surface area contributed by atoms with Gasteiger partial charge in [0.15, 0.2) is 10.6 Å². The molecule has 2 heterocycles. The minimum absolute atomic E-state index is 0.0151. The summed E-state index contributed by atoms with van der Waals surface area (Å²) in [6.45, 7) is 10.1. The number of carbonyl (C=O) groups excluding carboxylic acids is 1. The van der Waals surface area contributed by atoms with E-state index in [1.165, 1.54) is 5.56 Å². The van der Waals surface area contributed by atoms with Gasteiger partial charge in [-0.2, -0.15) is 5.10 Å². The molecule has 2 unspecified atom stereocenters. The molecule has 1 saturated heterocycles. The van der Waals surface area contributed by atoms with E-state index in [4.69, 9.17) is 17.0 Å². The number of nitrogens with one attached hydrogen (secondary N) is 2. The highest BCUT2D eigenvalue weighted by Gasteiger charge is 2.22. The molecule has 0 saturated carbocycles. The van der Waals surface area contributed by atoms with Gasteiger partial charge in [0.1, 0.15) is 0 Å². The summed E-state index contributed by atoms with van der Waals surface area (Å²) >= 11 is 5.39. The van der Waals surface area contributed by atoms with Gasteiger partial charge in [-0.15, -0.1) is 0 Å². The number of nitrogens with zero attached hydrogens (tertiary/aromatic N) is 3. The Hall–Kier alpha value is -2.81. The molecule has 0 aliphatic carbocycles. The van der Waals surface area contributed by atoms with Crippen molar-refractivity contribution in [1.29, 1.82) is 0 Å². The fourth-order valence-corrected chi connectivity index (χ4v) is 4.69. The van der Waals surface area contributed by atoms with Gasteiger partial charge in [0.25, 0.3) is 0 Å². The summed E-state index contributed by atoms with van der Waals surface area (Å²) < 4.78 is 8.22. The molecular formula is C26H33N5O2S. The molecule has 1 aliphatic rings. The number of hydrogen-bond donors (Lipinski definition) is 2. The Labute approximate surface area is 206 Å². The number of aromatic amines is 1. The van der Waals surface area contributed by atoms with Crippen molar-refractivity contribution in [3.63, 3.8) is 0 Å². The number of aryl methyl sites for hydroxylation is 1. The Kier molecular flexibility index (Phi) is 7.92. The van der Waals surface area contributed by atoms with E-state index in [1.807, 2.05) is 29.7 Å². The van der Waals surface area contributed by atoms with Crippen LogP contribution in [0.1, 0.15) is 37.0 Å². The number of H-pyrrole nitrogens is 1. The highest BCUT2D eigenvalue weighted by molar-refractivity contribution is 7.71. The topological polar surface area (TPSA) is 75.2 Å². The van der Waals surface area contributed by atoms with Gasteiger partial charge in [0, 0.05) is 44.7 Å². The molecule has 0 bridgehead atoms. The molecule has 7 nitrogen and oxygen atoms in total. The van der Waals surface area contributed by atoms with Crippen LogP contribution in [0.5, 0.6) is 0 Å². The van der Waals surface area contributed by atoms with E-state index in [2.05, 4.69) is 64.6 Å². The molecule has 3 aromatic rings. The van der Waals surface area contributed by atoms with Gasteiger partial charge in [0.05, 0.1) is 12.2 Å². The second-order valence-corrected chi connectivity index (χ2v) is 9.55. The van der Waals surface area contributed by atoms with Crippen LogP contribution >= 0.6 is 12.2 Å². The molecule has 4 rings (SSSR count). The minimum Gasteiger partial charge on any atom is -0.373 e. The fraction of sp³-hybridized carbons (Fsp3) is 0.423. The summed E-state index contributed by atoms with van der Waals surface area (Å²) in [5, 5.41) is 10.2. The first-order chi connectivity index (χ1) is 16.4. The lowest BCUT2D eigenvalue weighted by molar-refractivity contribution is -0.121. The molecule has 8 heteroatoms. The molecule has 0 spiro atoms. The molecule has 34 heavy (non-hydrogen) atoms. The number of ether oxygens (including phenoxy) is 1. The van der Waals surface area contributed by atoms with Gasteiger partial charge in [-0.25, -0.2) is 0 Å². The van der Waals surface area contributed by atoms with Crippen LogP contribution in [-0.4, -0.2) is 50.9 Å².